The number of imidazole rings is 1. The maximum Gasteiger partial charge on any atom is 0.234 e. The quantitative estimate of drug-likeness (QED) is 0.758. The fourth-order valence-corrected chi connectivity index (χ4v) is 2.68. The molecular formula is C19H22N4O. The highest BCUT2D eigenvalue weighted by atomic mass is 16.2. The van der Waals surface area contributed by atoms with E-state index < -0.39 is 0 Å². The van der Waals surface area contributed by atoms with Crippen molar-refractivity contribution in [3.8, 4) is 0 Å². The van der Waals surface area contributed by atoms with Gasteiger partial charge in [0.1, 0.15) is 5.65 Å². The maximum absolute atomic E-state index is 12.1. The number of hydrogen-bond acceptors (Lipinski definition) is 3. The number of aryl methyl sites for hydroxylation is 1. The van der Waals surface area contributed by atoms with Crippen molar-refractivity contribution in [1.29, 1.82) is 0 Å². The zero-order valence-corrected chi connectivity index (χ0v) is 14.1. The highest BCUT2D eigenvalue weighted by Gasteiger charge is 2.08. The van der Waals surface area contributed by atoms with E-state index in [2.05, 4.69) is 22.4 Å². The Morgan fingerprint density at radius 3 is 2.75 bits per heavy atom. The first-order valence-corrected chi connectivity index (χ1v) is 8.03. The van der Waals surface area contributed by atoms with Gasteiger partial charge < -0.3 is 9.72 Å². The van der Waals surface area contributed by atoms with Crippen molar-refractivity contribution in [2.45, 2.75) is 20.0 Å². The van der Waals surface area contributed by atoms with Crippen LogP contribution in [-0.4, -0.2) is 33.8 Å². The molecule has 0 aliphatic carbocycles. The predicted molar refractivity (Wildman–Crippen MR) is 94.6 cm³/mol. The number of hydrogen-bond donors (Lipinski definition) is 1. The molecule has 1 N–H and O–H groups in total. The third-order valence-corrected chi connectivity index (χ3v) is 3.82. The van der Waals surface area contributed by atoms with Crippen LogP contribution in [0.15, 0.2) is 54.9 Å². The molecule has 1 amide bonds. The van der Waals surface area contributed by atoms with E-state index in [4.69, 9.17) is 0 Å². The standard InChI is InChI=1S/C19H22N4O/c1-15-8-9-18-21-17(13-23(18)11-15)10-20-19(24)14-22(2)12-16-6-4-3-5-7-16/h3-9,11,13H,10,12,14H2,1-2H3,(H,20,24). The zero-order valence-electron chi connectivity index (χ0n) is 14.1. The molecule has 5 heteroatoms. The van der Waals surface area contributed by atoms with Crippen LogP contribution in [0.1, 0.15) is 16.8 Å². The van der Waals surface area contributed by atoms with E-state index in [1.54, 1.807) is 0 Å². The molecule has 3 aromatic rings. The summed E-state index contributed by atoms with van der Waals surface area (Å²) >= 11 is 0. The minimum absolute atomic E-state index is 0.00154. The highest BCUT2D eigenvalue weighted by Crippen LogP contribution is 2.07. The van der Waals surface area contributed by atoms with Crippen LogP contribution in [0.2, 0.25) is 0 Å². The van der Waals surface area contributed by atoms with Gasteiger partial charge in [-0.05, 0) is 31.2 Å². The summed E-state index contributed by atoms with van der Waals surface area (Å²) in [5, 5.41) is 2.93. The van der Waals surface area contributed by atoms with Crippen LogP contribution >= 0.6 is 0 Å². The molecule has 0 unspecified atom stereocenters. The second kappa shape index (κ2) is 7.27. The van der Waals surface area contributed by atoms with Crippen LogP contribution in [-0.2, 0) is 17.9 Å². The number of nitrogens with zero attached hydrogens (tertiary/aromatic N) is 3. The summed E-state index contributed by atoms with van der Waals surface area (Å²) in [5.41, 5.74) is 4.13. The number of aromatic nitrogens is 2. The molecule has 0 bridgehead atoms. The molecule has 0 fully saturated rings. The monoisotopic (exact) mass is 322 g/mol. The third-order valence-electron chi connectivity index (χ3n) is 3.82. The molecule has 24 heavy (non-hydrogen) atoms. The van der Waals surface area contributed by atoms with E-state index in [9.17, 15) is 4.79 Å². The zero-order chi connectivity index (χ0) is 16.9. The summed E-state index contributed by atoms with van der Waals surface area (Å²) in [5.74, 6) is 0.00154. The number of amides is 1. The largest absolute Gasteiger partial charge is 0.349 e. The Kier molecular flexibility index (Phi) is 4.91. The van der Waals surface area contributed by atoms with Gasteiger partial charge >= 0.3 is 0 Å². The Morgan fingerprint density at radius 2 is 1.96 bits per heavy atom. The Hall–Kier alpha value is -2.66. The minimum Gasteiger partial charge on any atom is -0.349 e. The molecule has 3 rings (SSSR count). The van der Waals surface area contributed by atoms with Gasteiger partial charge in [-0.2, -0.15) is 0 Å². The van der Waals surface area contributed by atoms with Crippen LogP contribution in [0, 0.1) is 6.92 Å². The first kappa shape index (κ1) is 16.2. The SMILES string of the molecule is Cc1ccc2nc(CNC(=O)CN(C)Cc3ccccc3)cn2c1. The number of pyridine rings is 1. The minimum atomic E-state index is 0.00154. The first-order valence-electron chi connectivity index (χ1n) is 8.03. The van der Waals surface area contributed by atoms with Gasteiger partial charge in [0.05, 0.1) is 18.8 Å². The van der Waals surface area contributed by atoms with Crippen molar-refractivity contribution in [2.75, 3.05) is 13.6 Å². The first-order chi connectivity index (χ1) is 11.6. The molecular weight excluding hydrogens is 300 g/mol. The lowest BCUT2D eigenvalue weighted by Gasteiger charge is -2.16. The highest BCUT2D eigenvalue weighted by molar-refractivity contribution is 5.77. The normalized spacial score (nSPS) is 11.1. The smallest absolute Gasteiger partial charge is 0.234 e. The number of benzene rings is 1. The Balaban J connectivity index is 1.51. The van der Waals surface area contributed by atoms with Gasteiger partial charge in [0.15, 0.2) is 0 Å². The number of rotatable bonds is 6. The molecule has 1 aromatic carbocycles. The summed E-state index contributed by atoms with van der Waals surface area (Å²) in [6.45, 7) is 3.60. The van der Waals surface area contributed by atoms with Crippen molar-refractivity contribution < 1.29 is 4.79 Å². The molecule has 0 saturated heterocycles. The topological polar surface area (TPSA) is 49.6 Å². The molecule has 0 aliphatic heterocycles. The third kappa shape index (κ3) is 4.20. The molecule has 0 aliphatic rings. The second-order valence-electron chi connectivity index (χ2n) is 6.14. The van der Waals surface area contributed by atoms with Gasteiger partial charge in [0.2, 0.25) is 5.91 Å². The lowest BCUT2D eigenvalue weighted by molar-refractivity contribution is -0.122. The average Bonchev–Trinajstić information content (AvgIpc) is 2.95. The van der Waals surface area contributed by atoms with Gasteiger partial charge in [0, 0.05) is 18.9 Å². The number of likely N-dealkylation sites (N-methyl/N-ethyl adjacent to an activating group) is 1. The van der Waals surface area contributed by atoms with Crippen LogP contribution in [0.4, 0.5) is 0 Å². The fraction of sp³-hybridized carbons (Fsp3) is 0.263. The molecule has 2 aromatic heterocycles. The van der Waals surface area contributed by atoms with Crippen LogP contribution in [0.5, 0.6) is 0 Å². The molecule has 0 spiro atoms. The van der Waals surface area contributed by atoms with E-state index >= 15 is 0 Å². The lowest BCUT2D eigenvalue weighted by atomic mass is 10.2. The number of fused-ring (bicyclic) bond motifs is 1. The van der Waals surface area contributed by atoms with E-state index in [0.717, 1.165) is 17.9 Å². The lowest BCUT2D eigenvalue weighted by Crippen LogP contribution is -2.34. The van der Waals surface area contributed by atoms with Crippen molar-refractivity contribution >= 4 is 11.6 Å². The van der Waals surface area contributed by atoms with Crippen molar-refractivity contribution in [3.05, 3.63) is 71.7 Å². The van der Waals surface area contributed by atoms with E-state index in [0.29, 0.717) is 13.1 Å². The van der Waals surface area contributed by atoms with Gasteiger partial charge in [0.25, 0.3) is 0 Å². The molecule has 0 atom stereocenters. The number of carbonyl (C=O) groups is 1. The van der Waals surface area contributed by atoms with E-state index in [1.807, 2.05) is 66.0 Å². The van der Waals surface area contributed by atoms with Crippen molar-refractivity contribution in [3.63, 3.8) is 0 Å². The second-order valence-corrected chi connectivity index (χ2v) is 6.14. The van der Waals surface area contributed by atoms with Gasteiger partial charge in [-0.1, -0.05) is 36.4 Å². The summed E-state index contributed by atoms with van der Waals surface area (Å²) < 4.78 is 1.98. The molecule has 0 radical (unpaired) electrons. The van der Waals surface area contributed by atoms with Crippen LogP contribution in [0.25, 0.3) is 5.65 Å². The number of nitrogens with one attached hydrogen (secondary N) is 1. The fourth-order valence-electron chi connectivity index (χ4n) is 2.68. The maximum atomic E-state index is 12.1. The summed E-state index contributed by atoms with van der Waals surface area (Å²) in [7, 11) is 1.94. The molecule has 124 valence electrons. The van der Waals surface area contributed by atoms with Gasteiger partial charge in [-0.15, -0.1) is 0 Å². The molecule has 2 heterocycles. The van der Waals surface area contributed by atoms with E-state index in [-0.39, 0.29) is 5.91 Å². The summed E-state index contributed by atoms with van der Waals surface area (Å²) in [6, 6.07) is 14.1. The Labute approximate surface area is 141 Å². The summed E-state index contributed by atoms with van der Waals surface area (Å²) in [4.78, 5) is 18.6. The van der Waals surface area contributed by atoms with Crippen LogP contribution < -0.4 is 5.32 Å². The Morgan fingerprint density at radius 1 is 1.17 bits per heavy atom. The van der Waals surface area contributed by atoms with Gasteiger partial charge in [-0.25, -0.2) is 4.98 Å². The van der Waals surface area contributed by atoms with Crippen molar-refractivity contribution in [2.24, 2.45) is 0 Å². The van der Waals surface area contributed by atoms with Gasteiger partial charge in [-0.3, -0.25) is 9.69 Å². The molecule has 5 nitrogen and oxygen atoms in total. The molecule has 0 saturated carbocycles. The van der Waals surface area contributed by atoms with Crippen LogP contribution in [0.3, 0.4) is 0 Å². The Bertz CT molecular complexity index is 826. The predicted octanol–water partition coefficient (Wildman–Crippen LogP) is 2.39. The van der Waals surface area contributed by atoms with E-state index in [1.165, 1.54) is 11.1 Å². The average molecular weight is 322 g/mol. The summed E-state index contributed by atoms with van der Waals surface area (Å²) in [6.07, 6.45) is 3.98. The van der Waals surface area contributed by atoms with Crippen molar-refractivity contribution in [1.82, 2.24) is 19.6 Å². The number of carbonyl (C=O) groups excluding carboxylic acids is 1.